The number of carbonyl (C=O) groups excluding carboxylic acids is 1. The van der Waals surface area contributed by atoms with Crippen LogP contribution in [-0.2, 0) is 16.0 Å². The van der Waals surface area contributed by atoms with E-state index in [4.69, 9.17) is 21.1 Å². The summed E-state index contributed by atoms with van der Waals surface area (Å²) in [4.78, 5) is 16.0. The molecule has 5 heteroatoms. The van der Waals surface area contributed by atoms with Gasteiger partial charge in [0.05, 0.1) is 25.2 Å². The Hall–Kier alpha value is -1.81. The number of aromatic nitrogens is 1. The van der Waals surface area contributed by atoms with Crippen LogP contribution in [0.3, 0.4) is 0 Å². The summed E-state index contributed by atoms with van der Waals surface area (Å²) in [5.41, 5.74) is 1.51. The van der Waals surface area contributed by atoms with Gasteiger partial charge < -0.3 is 9.47 Å². The Morgan fingerprint density at radius 1 is 1.30 bits per heavy atom. The van der Waals surface area contributed by atoms with E-state index in [2.05, 4.69) is 4.98 Å². The van der Waals surface area contributed by atoms with Crippen molar-refractivity contribution in [3.8, 4) is 5.75 Å². The second-order valence-electron chi connectivity index (χ2n) is 4.58. The first-order valence-corrected chi connectivity index (χ1v) is 6.64. The summed E-state index contributed by atoms with van der Waals surface area (Å²) in [5.74, 6) is 0.178. The maximum atomic E-state index is 11.5. The van der Waals surface area contributed by atoms with Gasteiger partial charge in [0.1, 0.15) is 11.3 Å². The minimum absolute atomic E-state index is 0.241. The van der Waals surface area contributed by atoms with Crippen LogP contribution in [0.2, 0.25) is 5.02 Å². The summed E-state index contributed by atoms with van der Waals surface area (Å²) < 4.78 is 10.0. The Labute approximate surface area is 122 Å². The van der Waals surface area contributed by atoms with Crippen LogP contribution in [0.15, 0.2) is 24.3 Å². The van der Waals surface area contributed by atoms with E-state index < -0.39 is 0 Å². The number of hydrogen-bond donors (Lipinski definition) is 0. The van der Waals surface area contributed by atoms with E-state index in [0.717, 1.165) is 11.1 Å². The Kier molecular flexibility index (Phi) is 4.45. The second kappa shape index (κ2) is 6.09. The third-order valence-corrected chi connectivity index (χ3v) is 3.49. The predicted octanol–water partition coefficient (Wildman–Crippen LogP) is 3.25. The van der Waals surface area contributed by atoms with Crippen LogP contribution in [0.1, 0.15) is 12.6 Å². The van der Waals surface area contributed by atoms with Gasteiger partial charge in [-0.1, -0.05) is 18.5 Å². The summed E-state index contributed by atoms with van der Waals surface area (Å²) in [5, 5.41) is 1.46. The van der Waals surface area contributed by atoms with E-state index in [1.54, 1.807) is 19.2 Å². The molecule has 0 aliphatic rings. The quantitative estimate of drug-likeness (QED) is 0.812. The number of nitrogens with zero attached hydrogens (tertiary/aromatic N) is 1. The summed E-state index contributed by atoms with van der Waals surface area (Å²) in [6.07, 6.45) is 0.512. The fourth-order valence-electron chi connectivity index (χ4n) is 2.07. The fourth-order valence-corrected chi connectivity index (χ4v) is 2.29. The molecule has 1 unspecified atom stereocenters. The van der Waals surface area contributed by atoms with Gasteiger partial charge in [0.25, 0.3) is 0 Å². The number of hydrogen-bond acceptors (Lipinski definition) is 4. The molecule has 1 aromatic heterocycles. The molecule has 0 bridgehead atoms. The number of ether oxygens (including phenoxy) is 2. The minimum atomic E-state index is -0.245. The van der Waals surface area contributed by atoms with Crippen LogP contribution in [0.25, 0.3) is 10.9 Å². The summed E-state index contributed by atoms with van der Waals surface area (Å²) >= 11 is 6.15. The Morgan fingerprint density at radius 3 is 2.70 bits per heavy atom. The van der Waals surface area contributed by atoms with Gasteiger partial charge in [-0.3, -0.25) is 4.79 Å². The molecule has 20 heavy (non-hydrogen) atoms. The molecule has 1 atom stereocenters. The van der Waals surface area contributed by atoms with E-state index >= 15 is 0 Å². The zero-order valence-corrected chi connectivity index (χ0v) is 12.4. The van der Waals surface area contributed by atoms with Crippen LogP contribution in [0.5, 0.6) is 5.75 Å². The monoisotopic (exact) mass is 293 g/mol. The van der Waals surface area contributed by atoms with Gasteiger partial charge >= 0.3 is 5.97 Å². The molecule has 2 rings (SSSR count). The van der Waals surface area contributed by atoms with Gasteiger partial charge in [-0.15, -0.1) is 0 Å². The molecular formula is C15H16ClNO3. The van der Waals surface area contributed by atoms with Crippen LogP contribution in [0, 0.1) is 5.92 Å². The van der Waals surface area contributed by atoms with Crippen molar-refractivity contribution in [3.05, 3.63) is 35.0 Å². The molecule has 0 aliphatic heterocycles. The van der Waals surface area contributed by atoms with Crippen molar-refractivity contribution in [2.45, 2.75) is 13.3 Å². The zero-order chi connectivity index (χ0) is 14.7. The lowest BCUT2D eigenvalue weighted by Crippen LogP contribution is -2.15. The molecular weight excluding hydrogens is 278 g/mol. The predicted molar refractivity (Wildman–Crippen MR) is 78.2 cm³/mol. The lowest BCUT2D eigenvalue weighted by Gasteiger charge is -2.11. The summed E-state index contributed by atoms with van der Waals surface area (Å²) in [7, 11) is 2.98. The van der Waals surface area contributed by atoms with Crippen molar-refractivity contribution >= 4 is 28.5 Å². The number of carbonyl (C=O) groups is 1. The SMILES string of the molecule is COC(=O)C(C)Cc1ccc2c(Cl)ccc(OC)c2n1. The normalized spacial score (nSPS) is 12.2. The maximum absolute atomic E-state index is 11.5. The fraction of sp³-hybridized carbons (Fsp3) is 0.333. The second-order valence-corrected chi connectivity index (χ2v) is 4.98. The number of benzene rings is 1. The van der Waals surface area contributed by atoms with Crippen LogP contribution < -0.4 is 4.74 Å². The third kappa shape index (κ3) is 2.85. The molecule has 1 heterocycles. The number of pyridine rings is 1. The van der Waals surface area contributed by atoms with E-state index in [-0.39, 0.29) is 11.9 Å². The smallest absolute Gasteiger partial charge is 0.308 e. The van der Waals surface area contributed by atoms with Crippen molar-refractivity contribution in [1.82, 2.24) is 4.98 Å². The van der Waals surface area contributed by atoms with Crippen LogP contribution in [-0.4, -0.2) is 25.2 Å². The molecule has 0 spiro atoms. The standard InChI is InChI=1S/C15H16ClNO3/c1-9(15(18)20-3)8-10-4-5-11-12(16)6-7-13(19-2)14(11)17-10/h4-7,9H,8H2,1-3H3. The highest BCUT2D eigenvalue weighted by Crippen LogP contribution is 2.30. The summed E-state index contributed by atoms with van der Waals surface area (Å²) in [6, 6.07) is 7.33. The highest BCUT2D eigenvalue weighted by molar-refractivity contribution is 6.35. The molecule has 4 nitrogen and oxygen atoms in total. The minimum Gasteiger partial charge on any atom is -0.494 e. The van der Waals surface area contributed by atoms with Gasteiger partial charge in [0, 0.05) is 17.5 Å². The highest BCUT2D eigenvalue weighted by Gasteiger charge is 2.15. The van der Waals surface area contributed by atoms with Gasteiger partial charge in [-0.2, -0.15) is 0 Å². The van der Waals surface area contributed by atoms with E-state index in [0.29, 0.717) is 22.7 Å². The van der Waals surface area contributed by atoms with Crippen molar-refractivity contribution < 1.29 is 14.3 Å². The summed E-state index contributed by atoms with van der Waals surface area (Å²) in [6.45, 7) is 1.81. The molecule has 0 fully saturated rings. The number of fused-ring (bicyclic) bond motifs is 1. The molecule has 0 amide bonds. The lowest BCUT2D eigenvalue weighted by molar-refractivity contribution is -0.144. The van der Waals surface area contributed by atoms with Crippen molar-refractivity contribution in [2.24, 2.45) is 5.92 Å². The van der Waals surface area contributed by atoms with Crippen LogP contribution >= 0.6 is 11.6 Å². The van der Waals surface area contributed by atoms with Gasteiger partial charge in [0.2, 0.25) is 0 Å². The molecule has 1 aromatic carbocycles. The Balaban J connectivity index is 2.40. The molecule has 0 N–H and O–H groups in total. The average molecular weight is 294 g/mol. The van der Waals surface area contributed by atoms with Crippen molar-refractivity contribution in [3.63, 3.8) is 0 Å². The van der Waals surface area contributed by atoms with E-state index in [9.17, 15) is 4.79 Å². The number of halogens is 1. The molecule has 2 aromatic rings. The first-order chi connectivity index (χ1) is 9.56. The zero-order valence-electron chi connectivity index (χ0n) is 11.6. The highest BCUT2D eigenvalue weighted by atomic mass is 35.5. The Bertz CT molecular complexity index is 642. The van der Waals surface area contributed by atoms with Crippen molar-refractivity contribution in [2.75, 3.05) is 14.2 Å². The average Bonchev–Trinajstić information content (AvgIpc) is 2.46. The molecule has 106 valence electrons. The number of methoxy groups -OCH3 is 2. The molecule has 0 radical (unpaired) electrons. The van der Waals surface area contributed by atoms with Gasteiger partial charge in [-0.05, 0) is 24.3 Å². The molecule has 0 aliphatic carbocycles. The van der Waals surface area contributed by atoms with E-state index in [1.807, 2.05) is 19.1 Å². The number of esters is 1. The number of rotatable bonds is 4. The lowest BCUT2D eigenvalue weighted by atomic mass is 10.0. The maximum Gasteiger partial charge on any atom is 0.308 e. The topological polar surface area (TPSA) is 48.4 Å². The van der Waals surface area contributed by atoms with E-state index in [1.165, 1.54) is 7.11 Å². The van der Waals surface area contributed by atoms with Gasteiger partial charge in [0.15, 0.2) is 0 Å². The largest absolute Gasteiger partial charge is 0.494 e. The molecule has 0 saturated heterocycles. The molecule has 0 saturated carbocycles. The first kappa shape index (κ1) is 14.6. The van der Waals surface area contributed by atoms with Crippen molar-refractivity contribution in [1.29, 1.82) is 0 Å². The Morgan fingerprint density at radius 2 is 2.05 bits per heavy atom. The first-order valence-electron chi connectivity index (χ1n) is 6.26. The van der Waals surface area contributed by atoms with Gasteiger partial charge in [-0.25, -0.2) is 4.98 Å². The van der Waals surface area contributed by atoms with Crippen LogP contribution in [0.4, 0.5) is 0 Å². The third-order valence-electron chi connectivity index (χ3n) is 3.16.